The van der Waals surface area contributed by atoms with Crippen LogP contribution in [0.2, 0.25) is 0 Å². The Kier molecular flexibility index (Phi) is 6.29. The van der Waals surface area contributed by atoms with E-state index in [1.54, 1.807) is 0 Å². The van der Waals surface area contributed by atoms with Gasteiger partial charge in [0, 0.05) is 5.56 Å². The number of aryl methyl sites for hydroxylation is 1. The Bertz CT molecular complexity index is 752. The van der Waals surface area contributed by atoms with Crippen molar-refractivity contribution < 1.29 is 17.6 Å². The number of rotatable bonds is 4. The summed E-state index contributed by atoms with van der Waals surface area (Å²) in [4.78, 5) is 11.0. The van der Waals surface area contributed by atoms with Crippen LogP contribution in [0, 0.1) is 5.92 Å². The number of halogens is 4. The van der Waals surface area contributed by atoms with Crippen LogP contribution in [0.15, 0.2) is 27.4 Å². The van der Waals surface area contributed by atoms with Crippen molar-refractivity contribution >= 4 is 12.4 Å². The number of H-pyrrole nitrogens is 1. The number of hydrogen-bond acceptors (Lipinski definition) is 4. The molecule has 0 amide bonds. The second kappa shape index (κ2) is 8.05. The molecule has 0 spiro atoms. The van der Waals surface area contributed by atoms with Gasteiger partial charge in [-0.05, 0) is 68.5 Å². The lowest BCUT2D eigenvalue weighted by Crippen LogP contribution is -2.28. The van der Waals surface area contributed by atoms with Gasteiger partial charge in [-0.1, -0.05) is 0 Å². The first-order valence-electron chi connectivity index (χ1n) is 7.90. The van der Waals surface area contributed by atoms with Gasteiger partial charge in [-0.15, -0.1) is 17.5 Å². The molecular formula is C16H19ClF3N3O2. The van der Waals surface area contributed by atoms with E-state index in [0.717, 1.165) is 32.0 Å². The first-order chi connectivity index (χ1) is 11.4. The minimum Gasteiger partial charge on any atom is -0.388 e. The minimum absolute atomic E-state index is 0. The fourth-order valence-corrected chi connectivity index (χ4v) is 3.09. The molecule has 9 heteroatoms. The number of hydrogen-bond donors (Lipinski definition) is 2. The predicted octanol–water partition coefficient (Wildman–Crippen LogP) is 3.40. The van der Waals surface area contributed by atoms with Crippen LogP contribution in [0.5, 0.6) is 0 Å². The summed E-state index contributed by atoms with van der Waals surface area (Å²) < 4.78 is 44.6. The summed E-state index contributed by atoms with van der Waals surface area (Å²) in [6.45, 7) is 1.82. The SMILES string of the molecule is Cl.O=c1[nH]nc(-c2ccc(C(F)(F)F)c(CCC3CCNCC3)c2)o1. The maximum absolute atomic E-state index is 13.2. The molecule has 1 aliphatic rings. The molecular weight excluding hydrogens is 359 g/mol. The number of alkyl halides is 3. The summed E-state index contributed by atoms with van der Waals surface area (Å²) in [5, 5.41) is 9.04. The second-order valence-electron chi connectivity index (χ2n) is 6.02. The van der Waals surface area contributed by atoms with Crippen molar-refractivity contribution in [2.24, 2.45) is 5.92 Å². The molecule has 2 heterocycles. The molecule has 138 valence electrons. The Morgan fingerprint density at radius 2 is 1.96 bits per heavy atom. The minimum atomic E-state index is -4.41. The van der Waals surface area contributed by atoms with E-state index in [1.165, 1.54) is 12.1 Å². The molecule has 3 rings (SSSR count). The maximum atomic E-state index is 13.2. The molecule has 25 heavy (non-hydrogen) atoms. The van der Waals surface area contributed by atoms with Crippen molar-refractivity contribution in [3.63, 3.8) is 0 Å². The van der Waals surface area contributed by atoms with Crippen molar-refractivity contribution in [3.05, 3.63) is 39.9 Å². The van der Waals surface area contributed by atoms with Gasteiger partial charge in [-0.25, -0.2) is 9.89 Å². The van der Waals surface area contributed by atoms with Crippen LogP contribution in [0.3, 0.4) is 0 Å². The van der Waals surface area contributed by atoms with Crippen LogP contribution >= 0.6 is 12.4 Å². The highest BCUT2D eigenvalue weighted by Gasteiger charge is 2.33. The van der Waals surface area contributed by atoms with Crippen LogP contribution in [-0.2, 0) is 12.6 Å². The summed E-state index contributed by atoms with van der Waals surface area (Å²) >= 11 is 0. The van der Waals surface area contributed by atoms with Gasteiger partial charge in [-0.2, -0.15) is 13.2 Å². The molecule has 2 N–H and O–H groups in total. The van der Waals surface area contributed by atoms with Crippen molar-refractivity contribution in [2.75, 3.05) is 13.1 Å². The number of benzene rings is 1. The molecule has 5 nitrogen and oxygen atoms in total. The van der Waals surface area contributed by atoms with E-state index in [9.17, 15) is 18.0 Å². The van der Waals surface area contributed by atoms with Crippen molar-refractivity contribution in [2.45, 2.75) is 31.9 Å². The molecule has 0 aliphatic carbocycles. The third-order valence-electron chi connectivity index (χ3n) is 4.38. The highest BCUT2D eigenvalue weighted by molar-refractivity contribution is 5.85. The lowest BCUT2D eigenvalue weighted by atomic mass is 9.89. The van der Waals surface area contributed by atoms with Crippen LogP contribution in [0.4, 0.5) is 13.2 Å². The molecule has 0 radical (unpaired) electrons. The van der Waals surface area contributed by atoms with Gasteiger partial charge in [0.05, 0.1) is 5.56 Å². The quantitative estimate of drug-likeness (QED) is 0.856. The van der Waals surface area contributed by atoms with Gasteiger partial charge in [-0.3, -0.25) is 0 Å². The zero-order chi connectivity index (χ0) is 17.2. The van der Waals surface area contributed by atoms with Gasteiger partial charge in [0.25, 0.3) is 0 Å². The summed E-state index contributed by atoms with van der Waals surface area (Å²) in [6.07, 6.45) is -1.40. The van der Waals surface area contributed by atoms with E-state index in [1.807, 2.05) is 0 Å². The van der Waals surface area contributed by atoms with Crippen LogP contribution in [0.25, 0.3) is 11.5 Å². The Labute approximate surface area is 148 Å². The molecule has 1 saturated heterocycles. The fraction of sp³-hybridized carbons (Fsp3) is 0.500. The van der Waals surface area contributed by atoms with E-state index >= 15 is 0 Å². The monoisotopic (exact) mass is 377 g/mol. The molecule has 1 aliphatic heterocycles. The highest BCUT2D eigenvalue weighted by Crippen LogP contribution is 2.35. The fourth-order valence-electron chi connectivity index (χ4n) is 3.09. The summed E-state index contributed by atoms with van der Waals surface area (Å²) in [7, 11) is 0. The van der Waals surface area contributed by atoms with E-state index in [2.05, 4.69) is 15.5 Å². The predicted molar refractivity (Wildman–Crippen MR) is 88.7 cm³/mol. The Balaban J connectivity index is 0.00000225. The third-order valence-corrected chi connectivity index (χ3v) is 4.38. The van der Waals surface area contributed by atoms with Gasteiger partial charge in [0.15, 0.2) is 0 Å². The van der Waals surface area contributed by atoms with E-state index < -0.39 is 17.5 Å². The van der Waals surface area contributed by atoms with E-state index in [4.69, 9.17) is 4.42 Å². The number of nitrogens with one attached hydrogen (secondary N) is 2. The number of piperidine rings is 1. The van der Waals surface area contributed by atoms with Crippen LogP contribution in [0.1, 0.15) is 30.4 Å². The first-order valence-corrected chi connectivity index (χ1v) is 7.90. The largest absolute Gasteiger partial charge is 0.434 e. The van der Waals surface area contributed by atoms with Crippen LogP contribution < -0.4 is 11.1 Å². The number of aromatic amines is 1. The second-order valence-corrected chi connectivity index (χ2v) is 6.02. The molecule has 1 aromatic carbocycles. The zero-order valence-corrected chi connectivity index (χ0v) is 14.2. The number of aromatic nitrogens is 2. The molecule has 0 bridgehead atoms. The Morgan fingerprint density at radius 1 is 1.24 bits per heavy atom. The van der Waals surface area contributed by atoms with Crippen molar-refractivity contribution in [1.82, 2.24) is 15.5 Å². The lowest BCUT2D eigenvalue weighted by molar-refractivity contribution is -0.138. The van der Waals surface area contributed by atoms with Gasteiger partial charge in [0.2, 0.25) is 5.89 Å². The Hall–Kier alpha value is -1.80. The molecule has 1 fully saturated rings. The topological polar surface area (TPSA) is 70.9 Å². The normalized spacial score (nSPS) is 15.8. The summed E-state index contributed by atoms with van der Waals surface area (Å²) in [6, 6.07) is 3.72. The van der Waals surface area contributed by atoms with Gasteiger partial charge >= 0.3 is 11.9 Å². The molecule has 2 aromatic rings. The standard InChI is InChI=1S/C16H18F3N3O2.ClH/c17-16(18,19)13-4-3-12(14-21-22-15(23)24-14)9-11(13)2-1-10-5-7-20-8-6-10;/h3-4,9-10,20H,1-2,5-8H2,(H,22,23);1H. The zero-order valence-electron chi connectivity index (χ0n) is 13.4. The molecule has 0 unspecified atom stereocenters. The van der Waals surface area contributed by atoms with Crippen LogP contribution in [-0.4, -0.2) is 23.3 Å². The third kappa shape index (κ3) is 4.85. The summed E-state index contributed by atoms with van der Waals surface area (Å²) in [5.74, 6) is -0.308. The highest BCUT2D eigenvalue weighted by atomic mass is 35.5. The van der Waals surface area contributed by atoms with Crippen molar-refractivity contribution in [1.29, 1.82) is 0 Å². The summed E-state index contributed by atoms with van der Waals surface area (Å²) in [5.41, 5.74) is -0.0658. The molecule has 0 atom stereocenters. The number of nitrogens with zero attached hydrogens (tertiary/aromatic N) is 1. The lowest BCUT2D eigenvalue weighted by Gasteiger charge is -2.23. The smallest absolute Gasteiger partial charge is 0.388 e. The van der Waals surface area contributed by atoms with Gasteiger partial charge in [0.1, 0.15) is 0 Å². The van der Waals surface area contributed by atoms with E-state index in [-0.39, 0.29) is 23.9 Å². The average Bonchev–Trinajstić information content (AvgIpc) is 2.99. The van der Waals surface area contributed by atoms with E-state index in [0.29, 0.717) is 24.3 Å². The molecule has 0 saturated carbocycles. The maximum Gasteiger partial charge on any atom is 0.434 e. The van der Waals surface area contributed by atoms with Crippen molar-refractivity contribution in [3.8, 4) is 11.5 Å². The average molecular weight is 378 g/mol. The first kappa shape index (κ1) is 19.5. The Morgan fingerprint density at radius 3 is 2.56 bits per heavy atom. The van der Waals surface area contributed by atoms with Gasteiger partial charge < -0.3 is 9.73 Å². The molecule has 1 aromatic heterocycles.